The molecule has 0 heterocycles. The highest BCUT2D eigenvalue weighted by Gasteiger charge is 2.43. The van der Waals surface area contributed by atoms with Gasteiger partial charge in [0.05, 0.1) is 14.1 Å². The molecule has 138 valence electrons. The molecule has 0 saturated heterocycles. The first-order valence-corrected chi connectivity index (χ1v) is 8.89. The van der Waals surface area contributed by atoms with Gasteiger partial charge >= 0.3 is 5.97 Å². The van der Waals surface area contributed by atoms with Crippen molar-refractivity contribution in [2.75, 3.05) is 33.9 Å². The Balaban J connectivity index is 2.34. The van der Waals surface area contributed by atoms with Crippen LogP contribution in [0.5, 0.6) is 0 Å². The van der Waals surface area contributed by atoms with Gasteiger partial charge in [-0.25, -0.2) is 4.79 Å². The zero-order valence-electron chi connectivity index (χ0n) is 15.9. The molecular weight excluding hydrogens is 326 g/mol. The summed E-state index contributed by atoms with van der Waals surface area (Å²) in [5.74, 6) is -0.386. The van der Waals surface area contributed by atoms with Gasteiger partial charge in [0.25, 0.3) is 0 Å². The van der Waals surface area contributed by atoms with Crippen molar-refractivity contribution < 1.29 is 18.8 Å². The summed E-state index contributed by atoms with van der Waals surface area (Å²) in [4.78, 5) is 13.2. The zero-order chi connectivity index (χ0) is 19.0. The van der Waals surface area contributed by atoms with Gasteiger partial charge in [-0.2, -0.15) is 0 Å². The standard InChI is InChI=1S/C22H28NO3/c1-5-26-22(20-14-10-7-11-15-20,18-19-12-8-6-9-13-19)21(24)25-17-16-23(2,3)4/h2,6-15H,5,16-18H2,1,3-4H3/q+1. The van der Waals surface area contributed by atoms with Crippen molar-refractivity contribution in [3.8, 4) is 0 Å². The molecule has 0 aromatic heterocycles. The Labute approximate surface area is 156 Å². The summed E-state index contributed by atoms with van der Waals surface area (Å²) in [5, 5.41) is 0. The molecule has 4 nitrogen and oxygen atoms in total. The van der Waals surface area contributed by atoms with E-state index in [9.17, 15) is 4.79 Å². The number of esters is 1. The summed E-state index contributed by atoms with van der Waals surface area (Å²) in [6.07, 6.45) is 0.408. The number of rotatable bonds is 9. The summed E-state index contributed by atoms with van der Waals surface area (Å²) in [5.41, 5.74) is 0.622. The van der Waals surface area contributed by atoms with E-state index in [0.29, 0.717) is 19.6 Å². The Morgan fingerprint density at radius 3 is 2.15 bits per heavy atom. The second-order valence-corrected chi connectivity index (χ2v) is 6.93. The lowest BCUT2D eigenvalue weighted by atomic mass is 9.86. The van der Waals surface area contributed by atoms with Gasteiger partial charge < -0.3 is 14.0 Å². The van der Waals surface area contributed by atoms with E-state index in [0.717, 1.165) is 11.1 Å². The molecule has 26 heavy (non-hydrogen) atoms. The van der Waals surface area contributed by atoms with Gasteiger partial charge in [-0.3, -0.25) is 0 Å². The molecule has 0 bridgehead atoms. The molecule has 0 amide bonds. The number of hydrogen-bond acceptors (Lipinski definition) is 3. The Morgan fingerprint density at radius 1 is 1.04 bits per heavy atom. The summed E-state index contributed by atoms with van der Waals surface area (Å²) < 4.78 is 11.9. The minimum absolute atomic E-state index is 0.235. The molecule has 0 aliphatic heterocycles. The maximum Gasteiger partial charge on any atom is 0.343 e. The average molecular weight is 354 g/mol. The van der Waals surface area contributed by atoms with E-state index in [4.69, 9.17) is 16.5 Å². The number of quaternary nitrogens is 1. The van der Waals surface area contributed by atoms with Crippen molar-refractivity contribution in [3.05, 3.63) is 78.8 Å². The predicted octanol–water partition coefficient (Wildman–Crippen LogP) is 3.45. The minimum atomic E-state index is -1.18. The van der Waals surface area contributed by atoms with Crippen LogP contribution in [0.25, 0.3) is 0 Å². The number of benzene rings is 2. The van der Waals surface area contributed by atoms with Crippen LogP contribution in [0.1, 0.15) is 18.1 Å². The molecular formula is C22H28NO3+. The normalized spacial score (nSPS) is 13.8. The van der Waals surface area contributed by atoms with E-state index < -0.39 is 5.60 Å². The van der Waals surface area contributed by atoms with Crippen molar-refractivity contribution in [1.29, 1.82) is 0 Å². The predicted molar refractivity (Wildman–Crippen MR) is 102 cm³/mol. The maximum atomic E-state index is 13.2. The lowest BCUT2D eigenvalue weighted by molar-refractivity contribution is -0.845. The molecule has 0 saturated carbocycles. The van der Waals surface area contributed by atoms with E-state index in [-0.39, 0.29) is 17.1 Å². The summed E-state index contributed by atoms with van der Waals surface area (Å²) in [7, 11) is 9.64. The lowest BCUT2D eigenvalue weighted by Crippen LogP contribution is -2.44. The largest absolute Gasteiger partial charge is 0.457 e. The Kier molecular flexibility index (Phi) is 6.95. The fraction of sp³-hybridized carbons (Fsp3) is 0.364. The van der Waals surface area contributed by atoms with Gasteiger partial charge in [-0.15, -0.1) is 0 Å². The second-order valence-electron chi connectivity index (χ2n) is 6.93. The lowest BCUT2D eigenvalue weighted by Gasteiger charge is -2.32. The SMILES string of the molecule is [CH][N+](C)(C)CCOC(=O)C(Cc1ccccc1)(OCC)c1ccccc1. The van der Waals surface area contributed by atoms with Gasteiger partial charge in [0.2, 0.25) is 7.05 Å². The molecule has 1 atom stereocenters. The van der Waals surface area contributed by atoms with Gasteiger partial charge in [0.15, 0.2) is 5.60 Å². The van der Waals surface area contributed by atoms with Crippen LogP contribution in [0.3, 0.4) is 0 Å². The van der Waals surface area contributed by atoms with Crippen LogP contribution >= 0.6 is 0 Å². The Morgan fingerprint density at radius 2 is 1.62 bits per heavy atom. The van der Waals surface area contributed by atoms with Gasteiger partial charge in [-0.05, 0) is 18.1 Å². The van der Waals surface area contributed by atoms with Crippen LogP contribution in [0.4, 0.5) is 0 Å². The van der Waals surface area contributed by atoms with Crippen LogP contribution in [-0.4, -0.2) is 44.3 Å². The van der Waals surface area contributed by atoms with Gasteiger partial charge in [-0.1, -0.05) is 60.7 Å². The second kappa shape index (κ2) is 8.97. The first-order chi connectivity index (χ1) is 12.4. The first-order valence-electron chi connectivity index (χ1n) is 8.89. The van der Waals surface area contributed by atoms with Crippen molar-refractivity contribution in [1.82, 2.24) is 0 Å². The molecule has 2 rings (SSSR count). The molecule has 1 unspecified atom stereocenters. The van der Waals surface area contributed by atoms with E-state index in [1.54, 1.807) is 0 Å². The zero-order valence-corrected chi connectivity index (χ0v) is 15.9. The highest BCUT2D eigenvalue weighted by atomic mass is 16.6. The molecule has 0 aliphatic carbocycles. The monoisotopic (exact) mass is 354 g/mol. The number of nitrogens with zero attached hydrogens (tertiary/aromatic N) is 1. The Hall–Kier alpha value is -2.17. The van der Waals surface area contributed by atoms with Crippen molar-refractivity contribution in [2.45, 2.75) is 18.9 Å². The highest BCUT2D eigenvalue weighted by Crippen LogP contribution is 2.32. The number of carbonyl (C=O) groups excluding carboxylic acids is 1. The van der Waals surface area contributed by atoms with E-state index in [1.165, 1.54) is 0 Å². The maximum absolute atomic E-state index is 13.2. The van der Waals surface area contributed by atoms with Crippen molar-refractivity contribution in [3.63, 3.8) is 0 Å². The quantitative estimate of drug-likeness (QED) is 0.511. The molecule has 0 fully saturated rings. The highest BCUT2D eigenvalue weighted by molar-refractivity contribution is 5.82. The number of ether oxygens (including phenoxy) is 2. The summed E-state index contributed by atoms with van der Waals surface area (Å²) in [6.45, 7) is 3.04. The third-order valence-corrected chi connectivity index (χ3v) is 4.16. The first kappa shape index (κ1) is 20.1. The van der Waals surface area contributed by atoms with Crippen LogP contribution in [-0.2, 0) is 26.3 Å². The van der Waals surface area contributed by atoms with Crippen molar-refractivity contribution >= 4 is 5.97 Å². The molecule has 2 radical (unpaired) electrons. The molecule has 2 aromatic carbocycles. The van der Waals surface area contributed by atoms with Gasteiger partial charge in [0, 0.05) is 13.0 Å². The van der Waals surface area contributed by atoms with Crippen LogP contribution in [0, 0.1) is 7.05 Å². The van der Waals surface area contributed by atoms with Crippen LogP contribution in [0.15, 0.2) is 60.7 Å². The molecule has 0 spiro atoms. The molecule has 4 heteroatoms. The average Bonchev–Trinajstić information content (AvgIpc) is 2.61. The topological polar surface area (TPSA) is 35.5 Å². The van der Waals surface area contributed by atoms with E-state index in [1.807, 2.05) is 81.7 Å². The molecule has 2 aromatic rings. The van der Waals surface area contributed by atoms with E-state index >= 15 is 0 Å². The Bertz CT molecular complexity index is 680. The fourth-order valence-electron chi connectivity index (χ4n) is 2.81. The number of likely N-dealkylation sites (N-methyl/N-ethyl adjacent to an activating group) is 1. The summed E-state index contributed by atoms with van der Waals surface area (Å²) >= 11 is 0. The fourth-order valence-corrected chi connectivity index (χ4v) is 2.81. The van der Waals surface area contributed by atoms with Crippen LogP contribution < -0.4 is 0 Å². The summed E-state index contributed by atoms with van der Waals surface area (Å²) in [6, 6.07) is 19.4. The number of hydrogen-bond donors (Lipinski definition) is 0. The van der Waals surface area contributed by atoms with Crippen LogP contribution in [0.2, 0.25) is 0 Å². The third-order valence-electron chi connectivity index (χ3n) is 4.16. The van der Waals surface area contributed by atoms with Crippen molar-refractivity contribution in [2.24, 2.45) is 0 Å². The van der Waals surface area contributed by atoms with Gasteiger partial charge in [0.1, 0.15) is 13.2 Å². The molecule has 0 N–H and O–H groups in total. The van der Waals surface area contributed by atoms with E-state index in [2.05, 4.69) is 0 Å². The molecule has 0 aliphatic rings. The smallest absolute Gasteiger partial charge is 0.343 e. The number of carbonyl (C=O) groups is 1. The minimum Gasteiger partial charge on any atom is -0.457 e. The third kappa shape index (κ3) is 5.41.